The monoisotopic (exact) mass is 325 g/mol. The van der Waals surface area contributed by atoms with Gasteiger partial charge in [-0.1, -0.05) is 12.1 Å². The third-order valence-electron chi connectivity index (χ3n) is 4.96. The van der Waals surface area contributed by atoms with Gasteiger partial charge < -0.3 is 19.9 Å². The highest BCUT2D eigenvalue weighted by molar-refractivity contribution is 5.87. The van der Waals surface area contributed by atoms with Gasteiger partial charge in [-0.3, -0.25) is 0 Å². The number of rotatable bonds is 3. The Labute approximate surface area is 140 Å². The van der Waals surface area contributed by atoms with Crippen LogP contribution in [0.25, 0.3) is 0 Å². The van der Waals surface area contributed by atoms with Crippen molar-refractivity contribution in [3.8, 4) is 5.75 Å². The lowest BCUT2D eigenvalue weighted by Crippen LogP contribution is -2.29. The highest BCUT2D eigenvalue weighted by Gasteiger charge is 2.41. The number of carboxylic acid groups (broad SMARTS) is 1. The minimum atomic E-state index is -0.905. The Morgan fingerprint density at radius 3 is 2.75 bits per heavy atom. The molecule has 0 bridgehead atoms. The standard InChI is InChI=1S/C19H19NO4/c1-23-13-6-7-16-15(10-13)18-14(8-9-24-18)17(20-16)11-2-4-12(5-3-11)19(21)22/h2-7,10,14,17-18,20H,8-9H2,1H3,(H,21,22). The van der Waals surface area contributed by atoms with E-state index in [2.05, 4.69) is 5.32 Å². The topological polar surface area (TPSA) is 67.8 Å². The maximum Gasteiger partial charge on any atom is 0.335 e. The molecule has 0 amide bonds. The summed E-state index contributed by atoms with van der Waals surface area (Å²) in [4.78, 5) is 11.0. The van der Waals surface area contributed by atoms with Crippen molar-refractivity contribution < 1.29 is 19.4 Å². The molecule has 124 valence electrons. The Morgan fingerprint density at radius 1 is 1.25 bits per heavy atom. The van der Waals surface area contributed by atoms with Gasteiger partial charge in [-0.05, 0) is 42.3 Å². The zero-order valence-electron chi connectivity index (χ0n) is 13.4. The lowest BCUT2D eigenvalue weighted by molar-refractivity contribution is 0.0696. The van der Waals surface area contributed by atoms with Crippen LogP contribution in [0.4, 0.5) is 5.69 Å². The normalized spacial score (nSPS) is 24.6. The number of fused-ring (bicyclic) bond motifs is 3. The number of carbonyl (C=O) groups is 1. The molecule has 4 rings (SSSR count). The molecule has 1 saturated heterocycles. The summed E-state index contributed by atoms with van der Waals surface area (Å²) >= 11 is 0. The van der Waals surface area contributed by atoms with Crippen LogP contribution >= 0.6 is 0 Å². The first-order valence-electron chi connectivity index (χ1n) is 8.06. The number of hydrogen-bond acceptors (Lipinski definition) is 4. The van der Waals surface area contributed by atoms with Gasteiger partial charge in [0.2, 0.25) is 0 Å². The quantitative estimate of drug-likeness (QED) is 0.902. The number of carboxylic acids is 1. The minimum absolute atomic E-state index is 0.0421. The molecule has 2 heterocycles. The van der Waals surface area contributed by atoms with E-state index in [4.69, 9.17) is 14.6 Å². The van der Waals surface area contributed by atoms with Gasteiger partial charge in [-0.2, -0.15) is 0 Å². The van der Waals surface area contributed by atoms with Gasteiger partial charge >= 0.3 is 5.97 Å². The number of ether oxygens (including phenoxy) is 2. The zero-order chi connectivity index (χ0) is 16.7. The van der Waals surface area contributed by atoms with Gasteiger partial charge in [0, 0.05) is 23.8 Å². The number of benzene rings is 2. The van der Waals surface area contributed by atoms with Crippen molar-refractivity contribution in [2.45, 2.75) is 18.6 Å². The maximum absolute atomic E-state index is 11.0. The van der Waals surface area contributed by atoms with E-state index in [0.717, 1.165) is 35.6 Å². The second kappa shape index (κ2) is 5.83. The van der Waals surface area contributed by atoms with Gasteiger partial charge in [-0.25, -0.2) is 4.79 Å². The third kappa shape index (κ3) is 2.41. The van der Waals surface area contributed by atoms with Gasteiger partial charge in [0.1, 0.15) is 5.75 Å². The summed E-state index contributed by atoms with van der Waals surface area (Å²) in [6, 6.07) is 13.2. The van der Waals surface area contributed by atoms with E-state index >= 15 is 0 Å². The van der Waals surface area contributed by atoms with Gasteiger partial charge in [0.25, 0.3) is 0 Å². The zero-order valence-corrected chi connectivity index (χ0v) is 13.4. The summed E-state index contributed by atoms with van der Waals surface area (Å²) in [5.74, 6) is 0.243. The van der Waals surface area contributed by atoms with Crippen LogP contribution in [0.5, 0.6) is 5.75 Å². The average molecular weight is 325 g/mol. The van der Waals surface area contributed by atoms with Crippen molar-refractivity contribution in [1.82, 2.24) is 0 Å². The van der Waals surface area contributed by atoms with Gasteiger partial charge in [0.05, 0.1) is 24.8 Å². The molecule has 0 saturated carbocycles. The number of hydrogen-bond donors (Lipinski definition) is 2. The van der Waals surface area contributed by atoms with Crippen LogP contribution in [0.1, 0.15) is 40.1 Å². The molecule has 2 N–H and O–H groups in total. The molecule has 3 atom stereocenters. The van der Waals surface area contributed by atoms with Crippen LogP contribution in [0, 0.1) is 5.92 Å². The highest BCUT2D eigenvalue weighted by atomic mass is 16.5. The van der Waals surface area contributed by atoms with Gasteiger partial charge in [0.15, 0.2) is 0 Å². The van der Waals surface area contributed by atoms with Crippen LogP contribution in [0.2, 0.25) is 0 Å². The summed E-state index contributed by atoms with van der Waals surface area (Å²) in [5.41, 5.74) is 3.57. The molecule has 5 nitrogen and oxygen atoms in total. The molecule has 5 heteroatoms. The Bertz CT molecular complexity index is 771. The minimum Gasteiger partial charge on any atom is -0.497 e. The maximum atomic E-state index is 11.0. The summed E-state index contributed by atoms with van der Waals surface area (Å²) < 4.78 is 11.3. The van der Waals surface area contributed by atoms with Crippen molar-refractivity contribution in [3.63, 3.8) is 0 Å². The number of nitrogens with one attached hydrogen (secondary N) is 1. The summed E-state index contributed by atoms with van der Waals surface area (Å²) in [7, 11) is 1.66. The van der Waals surface area contributed by atoms with E-state index in [1.54, 1.807) is 19.2 Å². The van der Waals surface area contributed by atoms with Crippen LogP contribution in [-0.4, -0.2) is 24.8 Å². The lowest BCUT2D eigenvalue weighted by atomic mass is 9.81. The average Bonchev–Trinajstić information content (AvgIpc) is 3.10. The fourth-order valence-electron chi connectivity index (χ4n) is 3.74. The molecular formula is C19H19NO4. The molecule has 0 aromatic heterocycles. The van der Waals surface area contributed by atoms with Crippen molar-refractivity contribution in [2.24, 2.45) is 5.92 Å². The second-order valence-electron chi connectivity index (χ2n) is 6.25. The van der Waals surface area contributed by atoms with Crippen LogP contribution in [0.3, 0.4) is 0 Å². The fourth-order valence-corrected chi connectivity index (χ4v) is 3.74. The molecule has 2 aromatic carbocycles. The smallest absolute Gasteiger partial charge is 0.335 e. The van der Waals surface area contributed by atoms with E-state index in [0.29, 0.717) is 11.5 Å². The summed E-state index contributed by atoms with van der Waals surface area (Å²) in [6.45, 7) is 0.734. The molecule has 2 aromatic rings. The number of anilines is 1. The SMILES string of the molecule is COc1ccc2c(c1)C1OCCC1C(c1ccc(C(=O)O)cc1)N2. The first-order chi connectivity index (χ1) is 11.7. The molecule has 0 aliphatic carbocycles. The summed E-state index contributed by atoms with van der Waals surface area (Å²) in [5, 5.41) is 12.7. The lowest BCUT2D eigenvalue weighted by Gasteiger charge is -2.36. The Morgan fingerprint density at radius 2 is 2.04 bits per heavy atom. The first kappa shape index (κ1) is 15.0. The van der Waals surface area contributed by atoms with E-state index in [9.17, 15) is 4.79 Å². The highest BCUT2D eigenvalue weighted by Crippen LogP contribution is 2.50. The molecule has 24 heavy (non-hydrogen) atoms. The predicted molar refractivity (Wildman–Crippen MR) is 89.6 cm³/mol. The third-order valence-corrected chi connectivity index (χ3v) is 4.96. The Kier molecular flexibility index (Phi) is 3.65. The largest absolute Gasteiger partial charge is 0.497 e. The van der Waals surface area contributed by atoms with Crippen molar-refractivity contribution in [3.05, 3.63) is 59.2 Å². The van der Waals surface area contributed by atoms with Crippen LogP contribution in [-0.2, 0) is 4.74 Å². The Hall–Kier alpha value is -2.53. The van der Waals surface area contributed by atoms with Gasteiger partial charge in [-0.15, -0.1) is 0 Å². The molecular weight excluding hydrogens is 306 g/mol. The number of aromatic carboxylic acids is 1. The first-order valence-corrected chi connectivity index (χ1v) is 8.06. The molecule has 3 unspecified atom stereocenters. The van der Waals surface area contributed by atoms with E-state index < -0.39 is 5.97 Å². The van der Waals surface area contributed by atoms with E-state index in [1.807, 2.05) is 30.3 Å². The Balaban J connectivity index is 1.71. The van der Waals surface area contributed by atoms with Crippen molar-refractivity contribution >= 4 is 11.7 Å². The molecule has 0 spiro atoms. The van der Waals surface area contributed by atoms with Crippen molar-refractivity contribution in [1.29, 1.82) is 0 Å². The molecule has 2 aliphatic heterocycles. The van der Waals surface area contributed by atoms with Crippen LogP contribution < -0.4 is 10.1 Å². The summed E-state index contributed by atoms with van der Waals surface area (Å²) in [6.07, 6.45) is 1.01. The number of methoxy groups -OCH3 is 1. The van der Waals surface area contributed by atoms with E-state index in [-0.39, 0.29) is 12.1 Å². The van der Waals surface area contributed by atoms with Crippen LogP contribution in [0.15, 0.2) is 42.5 Å². The molecule has 1 fully saturated rings. The fraction of sp³-hybridized carbons (Fsp3) is 0.316. The predicted octanol–water partition coefficient (Wildman–Crippen LogP) is 3.64. The molecule has 2 aliphatic rings. The van der Waals surface area contributed by atoms with E-state index in [1.165, 1.54) is 0 Å². The van der Waals surface area contributed by atoms with Crippen molar-refractivity contribution in [2.75, 3.05) is 19.0 Å². The second-order valence-corrected chi connectivity index (χ2v) is 6.25. The molecule has 0 radical (unpaired) electrons.